The fourth-order valence-electron chi connectivity index (χ4n) is 3.41. The average molecular weight is 433 g/mol. The molecule has 4 heteroatoms. The number of rotatable bonds is 10. The molecule has 0 amide bonds. The molecule has 0 saturated heterocycles. The molecular formula is C29H28N4. The first-order valence-electron chi connectivity index (χ1n) is 11.1. The monoisotopic (exact) mass is 432 g/mol. The van der Waals surface area contributed by atoms with Crippen molar-refractivity contribution in [2.24, 2.45) is 10.2 Å². The lowest BCUT2D eigenvalue weighted by Gasteiger charge is -2.27. The highest BCUT2D eigenvalue weighted by Crippen LogP contribution is 2.11. The van der Waals surface area contributed by atoms with Crippen LogP contribution < -0.4 is 0 Å². The molecule has 0 heterocycles. The first kappa shape index (κ1) is 22.0. The van der Waals surface area contributed by atoms with Crippen molar-refractivity contribution in [1.29, 1.82) is 0 Å². The van der Waals surface area contributed by atoms with Crippen LogP contribution >= 0.6 is 0 Å². The molecule has 0 bridgehead atoms. The second kappa shape index (κ2) is 12.0. The van der Waals surface area contributed by atoms with Crippen molar-refractivity contribution >= 4 is 12.4 Å². The van der Waals surface area contributed by atoms with E-state index >= 15 is 0 Å². The fraction of sp³-hybridized carbons (Fsp3) is 0.103. The summed E-state index contributed by atoms with van der Waals surface area (Å²) in [5, 5.41) is 13.7. The highest BCUT2D eigenvalue weighted by Gasteiger charge is 2.10. The summed E-state index contributed by atoms with van der Waals surface area (Å²) >= 11 is 0. The molecule has 0 atom stereocenters. The maximum Gasteiger partial charge on any atom is 0.124 e. The van der Waals surface area contributed by atoms with Crippen LogP contribution in [0.15, 0.2) is 132 Å². The van der Waals surface area contributed by atoms with E-state index in [1.807, 2.05) is 71.0 Å². The molecule has 4 aromatic carbocycles. The van der Waals surface area contributed by atoms with Crippen LogP contribution in [-0.4, -0.2) is 29.1 Å². The Kier molecular flexibility index (Phi) is 8.02. The van der Waals surface area contributed by atoms with Gasteiger partial charge in [-0.1, -0.05) is 121 Å². The van der Waals surface area contributed by atoms with Gasteiger partial charge in [-0.3, -0.25) is 10.0 Å². The molecule has 33 heavy (non-hydrogen) atoms. The summed E-state index contributed by atoms with van der Waals surface area (Å²) in [4.78, 5) is 0. The molecule has 0 fully saturated rings. The molecule has 0 spiro atoms. The third-order valence-electron chi connectivity index (χ3n) is 5.08. The van der Waals surface area contributed by atoms with Gasteiger partial charge in [0, 0.05) is 0 Å². The van der Waals surface area contributed by atoms with Gasteiger partial charge < -0.3 is 0 Å². The summed E-state index contributed by atoms with van der Waals surface area (Å²) in [5.41, 5.74) is 4.54. The van der Waals surface area contributed by atoms with Crippen LogP contribution in [0.2, 0.25) is 0 Å². The number of hydrazone groups is 2. The molecule has 0 aliphatic carbocycles. The van der Waals surface area contributed by atoms with Crippen LogP contribution in [0.25, 0.3) is 0 Å². The van der Waals surface area contributed by atoms with Crippen LogP contribution in [-0.2, 0) is 13.1 Å². The molecule has 164 valence electrons. The zero-order valence-electron chi connectivity index (χ0n) is 18.6. The van der Waals surface area contributed by atoms with E-state index in [-0.39, 0.29) is 0 Å². The second-order valence-electron chi connectivity index (χ2n) is 7.75. The standard InChI is InChI=1S/C29H28N4/c1-5-13-26(14-6-1)21-30-32(23-28-17-9-3-10-18-28)25-33(24-29-19-11-4-12-20-29)31-22-27-15-7-2-8-16-27/h1-22H,23-25H2/b30-21-,31-22-. The Morgan fingerprint density at radius 2 is 0.788 bits per heavy atom. The number of hydrogen-bond donors (Lipinski definition) is 0. The van der Waals surface area contributed by atoms with Crippen molar-refractivity contribution in [3.8, 4) is 0 Å². The fourth-order valence-corrected chi connectivity index (χ4v) is 3.41. The highest BCUT2D eigenvalue weighted by molar-refractivity contribution is 5.79. The Morgan fingerprint density at radius 1 is 0.455 bits per heavy atom. The SMILES string of the molecule is C(=N/N(Cc1ccccc1)CN(Cc1ccccc1)/N=C\c1ccccc1)/c1ccccc1. The molecule has 0 aromatic heterocycles. The van der Waals surface area contributed by atoms with Crippen molar-refractivity contribution < 1.29 is 0 Å². The van der Waals surface area contributed by atoms with E-state index in [0.717, 1.165) is 11.1 Å². The van der Waals surface area contributed by atoms with Crippen molar-refractivity contribution in [2.75, 3.05) is 6.67 Å². The van der Waals surface area contributed by atoms with Crippen molar-refractivity contribution in [3.63, 3.8) is 0 Å². The Bertz CT molecular complexity index is 1030. The quantitative estimate of drug-likeness (QED) is 0.174. The Morgan fingerprint density at radius 3 is 1.15 bits per heavy atom. The van der Waals surface area contributed by atoms with Crippen molar-refractivity contribution in [2.45, 2.75) is 13.1 Å². The van der Waals surface area contributed by atoms with Gasteiger partial charge >= 0.3 is 0 Å². The van der Waals surface area contributed by atoms with Gasteiger partial charge in [0.1, 0.15) is 6.67 Å². The Labute approximate surface area is 196 Å². The van der Waals surface area contributed by atoms with Gasteiger partial charge in [-0.25, -0.2) is 0 Å². The minimum atomic E-state index is 0.552. The van der Waals surface area contributed by atoms with Gasteiger partial charge in [-0.05, 0) is 22.3 Å². The van der Waals surface area contributed by atoms with E-state index in [1.54, 1.807) is 0 Å². The summed E-state index contributed by atoms with van der Waals surface area (Å²) in [7, 11) is 0. The lowest BCUT2D eigenvalue weighted by molar-refractivity contribution is 0.128. The van der Waals surface area contributed by atoms with E-state index in [2.05, 4.69) is 72.8 Å². The Balaban J connectivity index is 1.57. The highest BCUT2D eigenvalue weighted by atomic mass is 15.6. The number of nitrogens with zero attached hydrogens (tertiary/aromatic N) is 4. The molecule has 0 N–H and O–H groups in total. The molecule has 0 aliphatic rings. The van der Waals surface area contributed by atoms with Crippen LogP contribution in [0, 0.1) is 0 Å². The predicted molar refractivity (Wildman–Crippen MR) is 137 cm³/mol. The van der Waals surface area contributed by atoms with Gasteiger partial charge in [0.15, 0.2) is 0 Å². The van der Waals surface area contributed by atoms with Gasteiger partial charge in [0.05, 0.1) is 25.5 Å². The predicted octanol–water partition coefficient (Wildman–Crippen LogP) is 6.02. The molecule has 0 radical (unpaired) electrons. The van der Waals surface area contributed by atoms with E-state index in [9.17, 15) is 0 Å². The van der Waals surface area contributed by atoms with Crippen LogP contribution in [0.4, 0.5) is 0 Å². The summed E-state index contributed by atoms with van der Waals surface area (Å²) < 4.78 is 0. The zero-order chi connectivity index (χ0) is 22.6. The van der Waals surface area contributed by atoms with Crippen molar-refractivity contribution in [1.82, 2.24) is 10.0 Å². The van der Waals surface area contributed by atoms with Gasteiger partial charge in [-0.2, -0.15) is 10.2 Å². The summed E-state index contributed by atoms with van der Waals surface area (Å²) in [6.45, 7) is 1.93. The molecule has 4 nitrogen and oxygen atoms in total. The summed E-state index contributed by atoms with van der Waals surface area (Å²) in [6.07, 6.45) is 3.81. The maximum absolute atomic E-state index is 4.82. The largest absolute Gasteiger partial charge is 0.271 e. The molecule has 4 aromatic rings. The zero-order valence-corrected chi connectivity index (χ0v) is 18.6. The maximum atomic E-state index is 4.82. The van der Waals surface area contributed by atoms with Gasteiger partial charge in [0.2, 0.25) is 0 Å². The lowest BCUT2D eigenvalue weighted by atomic mass is 10.2. The minimum Gasteiger partial charge on any atom is -0.271 e. The van der Waals surface area contributed by atoms with Crippen LogP contribution in [0.5, 0.6) is 0 Å². The summed E-state index contributed by atoms with van der Waals surface area (Å²) in [5.74, 6) is 0. The smallest absolute Gasteiger partial charge is 0.124 e. The molecule has 0 unspecified atom stereocenters. The van der Waals surface area contributed by atoms with Crippen molar-refractivity contribution in [3.05, 3.63) is 144 Å². The van der Waals surface area contributed by atoms with E-state index in [4.69, 9.17) is 10.2 Å². The molecule has 0 aliphatic heterocycles. The molecule has 4 rings (SSSR count). The first-order valence-corrected chi connectivity index (χ1v) is 11.1. The van der Waals surface area contributed by atoms with E-state index in [0.29, 0.717) is 19.8 Å². The normalized spacial score (nSPS) is 11.2. The first-order chi connectivity index (χ1) is 16.3. The molecular weight excluding hydrogens is 404 g/mol. The van der Waals surface area contributed by atoms with Crippen LogP contribution in [0.1, 0.15) is 22.3 Å². The summed E-state index contributed by atoms with van der Waals surface area (Å²) in [6, 6.07) is 41.1. The average Bonchev–Trinajstić information content (AvgIpc) is 2.88. The Hall–Kier alpha value is -4.18. The number of hydrogen-bond acceptors (Lipinski definition) is 4. The molecule has 0 saturated carbocycles. The third-order valence-corrected chi connectivity index (χ3v) is 5.08. The van der Waals surface area contributed by atoms with Gasteiger partial charge in [0.25, 0.3) is 0 Å². The topological polar surface area (TPSA) is 31.2 Å². The number of benzene rings is 4. The second-order valence-corrected chi connectivity index (χ2v) is 7.75. The third kappa shape index (κ3) is 7.47. The minimum absolute atomic E-state index is 0.552. The van der Waals surface area contributed by atoms with Gasteiger partial charge in [-0.15, -0.1) is 0 Å². The van der Waals surface area contributed by atoms with Crippen LogP contribution in [0.3, 0.4) is 0 Å². The van der Waals surface area contributed by atoms with E-state index in [1.165, 1.54) is 11.1 Å². The lowest BCUT2D eigenvalue weighted by Crippen LogP contribution is -2.31. The van der Waals surface area contributed by atoms with E-state index < -0.39 is 0 Å².